The molecular formula is C18H16N2O3. The molecular weight excluding hydrogens is 292 g/mol. The van der Waals surface area contributed by atoms with E-state index < -0.39 is 5.69 Å². The minimum Gasteiger partial charge on any atom is -0.357 e. The van der Waals surface area contributed by atoms with E-state index in [0.717, 1.165) is 12.8 Å². The second-order valence-corrected chi connectivity index (χ2v) is 5.80. The summed E-state index contributed by atoms with van der Waals surface area (Å²) in [7, 11) is 0. The lowest BCUT2D eigenvalue weighted by Crippen LogP contribution is -2.32. The van der Waals surface area contributed by atoms with E-state index in [-0.39, 0.29) is 18.4 Å². The van der Waals surface area contributed by atoms with Crippen molar-refractivity contribution in [1.29, 1.82) is 0 Å². The molecule has 0 spiro atoms. The molecule has 0 amide bonds. The lowest BCUT2D eigenvalue weighted by Gasteiger charge is -2.14. The summed E-state index contributed by atoms with van der Waals surface area (Å²) < 4.78 is 7.41. The van der Waals surface area contributed by atoms with Crippen LogP contribution < -0.4 is 11.2 Å². The van der Waals surface area contributed by atoms with Crippen LogP contribution in [-0.4, -0.2) is 15.7 Å². The molecule has 4 rings (SSSR count). The van der Waals surface area contributed by atoms with Crippen LogP contribution in [0.25, 0.3) is 10.9 Å². The van der Waals surface area contributed by atoms with E-state index in [1.54, 1.807) is 18.2 Å². The summed E-state index contributed by atoms with van der Waals surface area (Å²) in [5.41, 5.74) is 2.39. The van der Waals surface area contributed by atoms with Crippen LogP contribution in [0.1, 0.15) is 11.1 Å². The zero-order valence-corrected chi connectivity index (χ0v) is 12.5. The number of fused-ring (bicyclic) bond motifs is 2. The van der Waals surface area contributed by atoms with Crippen molar-refractivity contribution in [3.8, 4) is 0 Å². The van der Waals surface area contributed by atoms with Crippen LogP contribution in [0.15, 0.2) is 58.1 Å². The van der Waals surface area contributed by atoms with Crippen molar-refractivity contribution >= 4 is 10.9 Å². The van der Waals surface area contributed by atoms with Crippen LogP contribution in [0.2, 0.25) is 0 Å². The molecule has 1 aliphatic carbocycles. The summed E-state index contributed by atoms with van der Waals surface area (Å²) in [5, 5.41) is 0.491. The smallest absolute Gasteiger partial charge is 0.330 e. The van der Waals surface area contributed by atoms with E-state index in [4.69, 9.17) is 4.74 Å². The van der Waals surface area contributed by atoms with Gasteiger partial charge in [0.05, 0.1) is 17.0 Å². The van der Waals surface area contributed by atoms with Gasteiger partial charge in [-0.05, 0) is 36.1 Å². The Morgan fingerprint density at radius 3 is 2.39 bits per heavy atom. The molecule has 0 atom stereocenters. The Hall–Kier alpha value is -2.66. The van der Waals surface area contributed by atoms with Crippen molar-refractivity contribution in [3.05, 3.63) is 80.5 Å². The van der Waals surface area contributed by atoms with Crippen molar-refractivity contribution in [2.45, 2.75) is 25.7 Å². The first-order valence-corrected chi connectivity index (χ1v) is 7.62. The van der Waals surface area contributed by atoms with Crippen molar-refractivity contribution < 1.29 is 4.74 Å². The maximum atomic E-state index is 12.1. The van der Waals surface area contributed by atoms with E-state index in [1.165, 1.54) is 15.7 Å². The lowest BCUT2D eigenvalue weighted by molar-refractivity contribution is 0.0133. The highest BCUT2D eigenvalue weighted by atomic mass is 16.5. The van der Waals surface area contributed by atoms with Crippen molar-refractivity contribution in [2.24, 2.45) is 0 Å². The summed E-state index contributed by atoms with van der Waals surface area (Å²) in [5.74, 6) is 0. The number of para-hydroxylation sites is 1. The number of nitrogens with one attached hydrogen (secondary N) is 1. The number of H-pyrrole nitrogens is 1. The Bertz CT molecular complexity index is 962. The fraction of sp³-hybridized carbons (Fsp3) is 0.222. The fourth-order valence-corrected chi connectivity index (χ4v) is 3.19. The molecule has 5 heteroatoms. The molecule has 23 heavy (non-hydrogen) atoms. The predicted molar refractivity (Wildman–Crippen MR) is 87.6 cm³/mol. The maximum absolute atomic E-state index is 12.1. The topological polar surface area (TPSA) is 64.1 Å². The third kappa shape index (κ3) is 2.49. The number of nitrogens with zero attached hydrogens (tertiary/aromatic N) is 1. The highest BCUT2D eigenvalue weighted by molar-refractivity contribution is 5.77. The molecule has 5 nitrogen and oxygen atoms in total. The first-order valence-electron chi connectivity index (χ1n) is 7.62. The third-order valence-electron chi connectivity index (χ3n) is 4.36. The molecule has 1 heterocycles. The van der Waals surface area contributed by atoms with Gasteiger partial charge in [-0.2, -0.15) is 0 Å². The summed E-state index contributed by atoms with van der Waals surface area (Å²) in [6.07, 6.45) is 1.77. The van der Waals surface area contributed by atoms with Crippen LogP contribution in [0.5, 0.6) is 0 Å². The molecule has 1 aliphatic rings. The standard InChI is InChI=1S/C18H16N2O3/c21-17-15-7-3-4-8-16(15)20(18(22)19-17)11-23-14-9-12-5-1-2-6-13(12)10-14/h1-8,14H,9-11H2,(H,19,21,22). The number of benzene rings is 2. The molecule has 0 unspecified atom stereocenters. The van der Waals surface area contributed by atoms with Gasteiger partial charge in [0, 0.05) is 0 Å². The van der Waals surface area contributed by atoms with Crippen molar-refractivity contribution in [1.82, 2.24) is 9.55 Å². The van der Waals surface area contributed by atoms with E-state index in [2.05, 4.69) is 17.1 Å². The zero-order valence-electron chi connectivity index (χ0n) is 12.5. The second kappa shape index (κ2) is 5.52. The monoisotopic (exact) mass is 308 g/mol. The minimum atomic E-state index is -0.441. The molecule has 0 saturated carbocycles. The second-order valence-electron chi connectivity index (χ2n) is 5.80. The molecule has 1 N–H and O–H groups in total. The summed E-state index contributed by atoms with van der Waals surface area (Å²) >= 11 is 0. The van der Waals surface area contributed by atoms with Gasteiger partial charge >= 0.3 is 5.69 Å². The average Bonchev–Trinajstić information content (AvgIpc) is 2.97. The number of aromatic nitrogens is 2. The van der Waals surface area contributed by atoms with E-state index >= 15 is 0 Å². The first kappa shape index (κ1) is 14.0. The van der Waals surface area contributed by atoms with Crippen molar-refractivity contribution in [2.75, 3.05) is 0 Å². The number of ether oxygens (including phenoxy) is 1. The Labute approximate surface area is 132 Å². The Kier molecular flexibility index (Phi) is 3.35. The highest BCUT2D eigenvalue weighted by Crippen LogP contribution is 2.24. The minimum absolute atomic E-state index is 0.0602. The van der Waals surface area contributed by atoms with Gasteiger partial charge in [0.1, 0.15) is 6.73 Å². The maximum Gasteiger partial charge on any atom is 0.330 e. The van der Waals surface area contributed by atoms with Crippen LogP contribution in [-0.2, 0) is 24.3 Å². The van der Waals surface area contributed by atoms with E-state index in [9.17, 15) is 9.59 Å². The highest BCUT2D eigenvalue weighted by Gasteiger charge is 2.21. The van der Waals surface area contributed by atoms with Crippen LogP contribution in [0.3, 0.4) is 0 Å². The Morgan fingerprint density at radius 2 is 1.65 bits per heavy atom. The molecule has 1 aromatic heterocycles. The van der Waals surface area contributed by atoms with Gasteiger partial charge in [-0.15, -0.1) is 0 Å². The van der Waals surface area contributed by atoms with Gasteiger partial charge in [-0.1, -0.05) is 36.4 Å². The molecule has 0 fully saturated rings. The lowest BCUT2D eigenvalue weighted by atomic mass is 10.1. The van der Waals surface area contributed by atoms with Gasteiger partial charge in [0.2, 0.25) is 0 Å². The molecule has 0 saturated heterocycles. The van der Waals surface area contributed by atoms with Crippen LogP contribution >= 0.6 is 0 Å². The fourth-order valence-electron chi connectivity index (χ4n) is 3.19. The summed E-state index contributed by atoms with van der Waals surface area (Å²) in [4.78, 5) is 26.3. The zero-order chi connectivity index (χ0) is 15.8. The molecule has 116 valence electrons. The Morgan fingerprint density at radius 1 is 1.00 bits per heavy atom. The molecule has 2 aromatic carbocycles. The van der Waals surface area contributed by atoms with Crippen LogP contribution in [0, 0.1) is 0 Å². The number of hydrogen-bond acceptors (Lipinski definition) is 3. The molecule has 0 bridgehead atoms. The van der Waals surface area contributed by atoms with Crippen molar-refractivity contribution in [3.63, 3.8) is 0 Å². The third-order valence-corrected chi connectivity index (χ3v) is 4.36. The number of rotatable bonds is 3. The van der Waals surface area contributed by atoms with Gasteiger partial charge in [0.15, 0.2) is 0 Å². The van der Waals surface area contributed by atoms with Gasteiger partial charge in [-0.25, -0.2) is 4.79 Å². The first-order chi connectivity index (χ1) is 11.2. The van der Waals surface area contributed by atoms with E-state index in [0.29, 0.717) is 10.9 Å². The van der Waals surface area contributed by atoms with Gasteiger partial charge in [-0.3, -0.25) is 14.3 Å². The van der Waals surface area contributed by atoms with E-state index in [1.807, 2.05) is 18.2 Å². The van der Waals surface area contributed by atoms with Gasteiger partial charge in [0.25, 0.3) is 5.56 Å². The molecule has 3 aromatic rings. The average molecular weight is 308 g/mol. The van der Waals surface area contributed by atoms with Gasteiger partial charge < -0.3 is 4.74 Å². The summed E-state index contributed by atoms with van der Waals surface area (Å²) in [6, 6.07) is 15.3. The molecule has 0 aliphatic heterocycles. The largest absolute Gasteiger partial charge is 0.357 e. The summed E-state index contributed by atoms with van der Waals surface area (Å²) in [6.45, 7) is 0.134. The predicted octanol–water partition coefficient (Wildman–Crippen LogP) is 1.83. The molecule has 0 radical (unpaired) electrons. The Balaban J connectivity index is 1.60. The SMILES string of the molecule is O=c1[nH]c(=O)n(COC2Cc3ccccc3C2)c2ccccc12. The normalized spacial score (nSPS) is 14.3. The quantitative estimate of drug-likeness (QED) is 0.803. The number of hydrogen-bond donors (Lipinski definition) is 1. The number of aromatic amines is 1. The van der Waals surface area contributed by atoms with Crippen LogP contribution in [0.4, 0.5) is 0 Å².